The Morgan fingerprint density at radius 3 is 2.79 bits per heavy atom. The van der Waals surface area contributed by atoms with Crippen LogP contribution in [0, 0.1) is 10.1 Å². The number of non-ortho nitro benzene ring substituents is 1. The number of benzene rings is 2. The van der Waals surface area contributed by atoms with Crippen molar-refractivity contribution in [2.45, 2.75) is 10.6 Å². The van der Waals surface area contributed by atoms with E-state index in [0.717, 1.165) is 14.9 Å². The summed E-state index contributed by atoms with van der Waals surface area (Å²) < 4.78 is 0.961. The Morgan fingerprint density at radius 1 is 1.26 bits per heavy atom. The second kappa shape index (κ2) is 6.08. The van der Waals surface area contributed by atoms with E-state index in [4.69, 9.17) is 5.73 Å². The number of anilines is 1. The molecule has 4 nitrogen and oxygen atoms in total. The van der Waals surface area contributed by atoms with Crippen LogP contribution in [0.5, 0.6) is 0 Å². The van der Waals surface area contributed by atoms with Gasteiger partial charge in [-0.1, -0.05) is 28.1 Å². The largest absolute Gasteiger partial charge is 0.398 e. The minimum atomic E-state index is -0.387. The van der Waals surface area contributed by atoms with Crippen LogP contribution in [-0.4, -0.2) is 4.92 Å². The van der Waals surface area contributed by atoms with E-state index < -0.39 is 0 Å². The van der Waals surface area contributed by atoms with E-state index in [1.165, 1.54) is 6.07 Å². The number of nitrogens with two attached hydrogens (primary N) is 1. The third-order valence-electron chi connectivity index (χ3n) is 2.49. The number of nitro benzene ring substituents is 1. The molecule has 0 heterocycles. The van der Waals surface area contributed by atoms with Crippen molar-refractivity contribution in [3.8, 4) is 0 Å². The third kappa shape index (κ3) is 3.71. The molecule has 2 aromatic carbocycles. The van der Waals surface area contributed by atoms with Gasteiger partial charge in [-0.2, -0.15) is 0 Å². The third-order valence-corrected chi connectivity index (χ3v) is 4.13. The summed E-state index contributed by atoms with van der Waals surface area (Å²) in [4.78, 5) is 11.3. The predicted octanol–water partition coefficient (Wildman–Crippen LogP) is 4.23. The molecule has 0 atom stereocenters. The van der Waals surface area contributed by atoms with Crippen LogP contribution in [0.3, 0.4) is 0 Å². The SMILES string of the molecule is Nc1ccc(Br)cc1SCc1cccc([N+](=O)[O-])c1. The van der Waals surface area contributed by atoms with Crippen LogP contribution in [0.4, 0.5) is 11.4 Å². The van der Waals surface area contributed by atoms with Gasteiger partial charge in [0.15, 0.2) is 0 Å². The molecule has 0 unspecified atom stereocenters. The van der Waals surface area contributed by atoms with Gasteiger partial charge in [-0.05, 0) is 23.8 Å². The molecule has 6 heteroatoms. The molecule has 98 valence electrons. The molecule has 0 bridgehead atoms. The minimum absolute atomic E-state index is 0.111. The van der Waals surface area contributed by atoms with Crippen LogP contribution in [-0.2, 0) is 5.75 Å². The van der Waals surface area contributed by atoms with E-state index in [0.29, 0.717) is 11.4 Å². The van der Waals surface area contributed by atoms with Crippen LogP contribution < -0.4 is 5.73 Å². The highest BCUT2D eigenvalue weighted by Crippen LogP contribution is 2.31. The summed E-state index contributed by atoms with van der Waals surface area (Å²) in [5.41, 5.74) is 7.60. The van der Waals surface area contributed by atoms with E-state index in [9.17, 15) is 10.1 Å². The molecule has 2 aromatic rings. The zero-order valence-corrected chi connectivity index (χ0v) is 12.3. The van der Waals surface area contributed by atoms with Gasteiger partial charge < -0.3 is 5.73 Å². The average Bonchev–Trinajstić information content (AvgIpc) is 2.40. The standard InChI is InChI=1S/C13H11BrN2O2S/c14-10-4-5-12(15)13(7-10)19-8-9-2-1-3-11(6-9)16(17)18/h1-7H,8,15H2. The highest BCUT2D eigenvalue weighted by atomic mass is 79.9. The maximum absolute atomic E-state index is 10.7. The molecule has 0 saturated carbocycles. The van der Waals surface area contributed by atoms with Crippen molar-refractivity contribution in [3.63, 3.8) is 0 Å². The zero-order valence-electron chi connectivity index (χ0n) is 9.88. The van der Waals surface area contributed by atoms with Gasteiger partial charge in [0.05, 0.1) is 4.92 Å². The van der Waals surface area contributed by atoms with Crippen molar-refractivity contribution in [1.29, 1.82) is 0 Å². The Bertz CT molecular complexity index is 619. The number of hydrogen-bond donors (Lipinski definition) is 1. The second-order valence-corrected chi connectivity index (χ2v) is 5.83. The fourth-order valence-corrected chi connectivity index (χ4v) is 3.01. The molecule has 0 amide bonds. The van der Waals surface area contributed by atoms with Crippen molar-refractivity contribution in [1.82, 2.24) is 0 Å². The Hall–Kier alpha value is -1.53. The van der Waals surface area contributed by atoms with Crippen molar-refractivity contribution in [2.75, 3.05) is 5.73 Å². The van der Waals surface area contributed by atoms with E-state index in [-0.39, 0.29) is 10.6 Å². The highest BCUT2D eigenvalue weighted by Gasteiger charge is 2.07. The summed E-state index contributed by atoms with van der Waals surface area (Å²) in [6.07, 6.45) is 0. The Morgan fingerprint density at radius 2 is 2.05 bits per heavy atom. The van der Waals surface area contributed by atoms with Gasteiger partial charge in [0.2, 0.25) is 0 Å². The quantitative estimate of drug-likeness (QED) is 0.392. The smallest absolute Gasteiger partial charge is 0.269 e. The van der Waals surface area contributed by atoms with E-state index in [1.54, 1.807) is 23.9 Å². The number of nitrogen functional groups attached to an aromatic ring is 1. The van der Waals surface area contributed by atoms with Gasteiger partial charge in [0, 0.05) is 32.9 Å². The summed E-state index contributed by atoms with van der Waals surface area (Å²) >= 11 is 4.95. The van der Waals surface area contributed by atoms with Crippen LogP contribution in [0.1, 0.15) is 5.56 Å². The fourth-order valence-electron chi connectivity index (χ4n) is 1.55. The second-order valence-electron chi connectivity index (χ2n) is 3.90. The Kier molecular flexibility index (Phi) is 4.44. The lowest BCUT2D eigenvalue weighted by Crippen LogP contribution is -1.91. The van der Waals surface area contributed by atoms with Gasteiger partial charge >= 0.3 is 0 Å². The highest BCUT2D eigenvalue weighted by molar-refractivity contribution is 9.10. The predicted molar refractivity (Wildman–Crippen MR) is 81.2 cm³/mol. The topological polar surface area (TPSA) is 69.2 Å². The molecule has 0 spiro atoms. The molecule has 0 aliphatic rings. The molecule has 0 saturated heterocycles. The van der Waals surface area contributed by atoms with Gasteiger partial charge in [0.25, 0.3) is 5.69 Å². The minimum Gasteiger partial charge on any atom is -0.398 e. The number of nitro groups is 1. The first-order chi connectivity index (χ1) is 9.06. The maximum atomic E-state index is 10.7. The first-order valence-corrected chi connectivity index (χ1v) is 7.25. The van der Waals surface area contributed by atoms with Crippen LogP contribution in [0.2, 0.25) is 0 Å². The summed E-state index contributed by atoms with van der Waals surface area (Å²) in [5, 5.41) is 10.7. The number of rotatable bonds is 4. The van der Waals surface area contributed by atoms with Crippen molar-refractivity contribution >= 4 is 39.1 Å². The molecule has 2 rings (SSSR count). The molecule has 0 radical (unpaired) electrons. The lowest BCUT2D eigenvalue weighted by molar-refractivity contribution is -0.384. The van der Waals surface area contributed by atoms with Crippen molar-refractivity contribution < 1.29 is 4.92 Å². The first-order valence-electron chi connectivity index (χ1n) is 5.47. The van der Waals surface area contributed by atoms with Crippen molar-refractivity contribution in [2.24, 2.45) is 0 Å². The van der Waals surface area contributed by atoms with Gasteiger partial charge in [-0.15, -0.1) is 11.8 Å². The zero-order chi connectivity index (χ0) is 13.8. The average molecular weight is 339 g/mol. The lowest BCUT2D eigenvalue weighted by Gasteiger charge is -2.06. The molecular weight excluding hydrogens is 328 g/mol. The molecule has 2 N–H and O–H groups in total. The summed E-state index contributed by atoms with van der Waals surface area (Å²) in [6.45, 7) is 0. The number of nitrogens with zero attached hydrogens (tertiary/aromatic N) is 1. The summed E-state index contributed by atoms with van der Waals surface area (Å²) in [7, 11) is 0. The normalized spacial score (nSPS) is 10.4. The number of hydrogen-bond acceptors (Lipinski definition) is 4. The summed E-state index contributed by atoms with van der Waals surface area (Å²) in [5.74, 6) is 0.641. The van der Waals surface area contributed by atoms with E-state index in [2.05, 4.69) is 15.9 Å². The maximum Gasteiger partial charge on any atom is 0.269 e. The molecule has 0 fully saturated rings. The van der Waals surface area contributed by atoms with Gasteiger partial charge in [0.1, 0.15) is 0 Å². The first kappa shape index (κ1) is 13.9. The molecule has 0 aromatic heterocycles. The molecular formula is C13H11BrN2O2S. The lowest BCUT2D eigenvalue weighted by atomic mass is 10.2. The molecule has 0 aliphatic carbocycles. The van der Waals surface area contributed by atoms with E-state index in [1.807, 2.05) is 24.3 Å². The molecule has 19 heavy (non-hydrogen) atoms. The Labute approximate surface area is 123 Å². The number of halogens is 1. The van der Waals surface area contributed by atoms with Crippen LogP contribution in [0.15, 0.2) is 51.8 Å². The fraction of sp³-hybridized carbons (Fsp3) is 0.0769. The van der Waals surface area contributed by atoms with Gasteiger partial charge in [-0.3, -0.25) is 10.1 Å². The van der Waals surface area contributed by atoms with Gasteiger partial charge in [-0.25, -0.2) is 0 Å². The van der Waals surface area contributed by atoms with Crippen molar-refractivity contribution in [3.05, 3.63) is 62.6 Å². The van der Waals surface area contributed by atoms with Crippen LogP contribution in [0.25, 0.3) is 0 Å². The monoisotopic (exact) mass is 338 g/mol. The molecule has 0 aliphatic heterocycles. The van der Waals surface area contributed by atoms with E-state index >= 15 is 0 Å². The Balaban J connectivity index is 2.12. The number of thioether (sulfide) groups is 1. The summed E-state index contributed by atoms with van der Waals surface area (Å²) in [6, 6.07) is 12.3. The van der Waals surface area contributed by atoms with Crippen LogP contribution >= 0.6 is 27.7 Å².